The van der Waals surface area contributed by atoms with Crippen molar-refractivity contribution in [3.05, 3.63) is 105 Å². The summed E-state index contributed by atoms with van der Waals surface area (Å²) in [5.41, 5.74) is 2.77. The van der Waals surface area contributed by atoms with Gasteiger partial charge < -0.3 is 10.2 Å². The average molecular weight is 551 g/mol. The molecule has 2 heterocycles. The fourth-order valence-electron chi connectivity index (χ4n) is 6.06. The lowest BCUT2D eigenvalue weighted by Crippen LogP contribution is -2.39. The quantitative estimate of drug-likeness (QED) is 0.371. The van der Waals surface area contributed by atoms with Gasteiger partial charge in [0, 0.05) is 24.7 Å². The molecular formula is C33H34N4O4. The summed E-state index contributed by atoms with van der Waals surface area (Å²) in [6.07, 6.45) is 7.29. The molecule has 2 amide bonds. The number of nitrogens with zero attached hydrogens (tertiary/aromatic N) is 3. The van der Waals surface area contributed by atoms with Crippen LogP contribution in [0.5, 0.6) is 0 Å². The van der Waals surface area contributed by atoms with Gasteiger partial charge in [-0.1, -0.05) is 55.7 Å². The maximum atomic E-state index is 13.8. The van der Waals surface area contributed by atoms with Crippen LogP contribution in [0.15, 0.2) is 82.4 Å². The SMILES string of the molecule is O=C(Cc1ccc(-n2c(=O)c3ccccc3n(Cc3ccc(N4CCCC4=O)cc3)c2=O)cc1)NC1CCCCC1. The Kier molecular flexibility index (Phi) is 7.55. The van der Waals surface area contributed by atoms with Crippen LogP contribution in [0.3, 0.4) is 0 Å². The van der Waals surface area contributed by atoms with Crippen LogP contribution in [0.4, 0.5) is 5.69 Å². The van der Waals surface area contributed by atoms with E-state index in [1.807, 2.05) is 30.3 Å². The summed E-state index contributed by atoms with van der Waals surface area (Å²) in [5, 5.41) is 3.58. The molecule has 1 aliphatic carbocycles. The standard InChI is InChI=1S/C33H34N4O4/c38-30(34-25-7-2-1-3-8-25)21-23-12-18-27(19-13-23)37-32(40)28-9-4-5-10-29(28)36(33(37)41)22-24-14-16-26(17-15-24)35-20-6-11-31(35)39/h4-5,9-10,12-19,25H,1-3,6-8,11,20-22H2,(H,34,38). The van der Waals surface area contributed by atoms with Crippen molar-refractivity contribution in [2.45, 2.75) is 64.0 Å². The molecule has 1 saturated carbocycles. The van der Waals surface area contributed by atoms with Crippen LogP contribution in [0.25, 0.3) is 16.6 Å². The molecule has 4 aromatic rings. The number of fused-ring (bicyclic) bond motifs is 1. The van der Waals surface area contributed by atoms with Crippen LogP contribution >= 0.6 is 0 Å². The molecule has 8 heteroatoms. The van der Waals surface area contributed by atoms with Gasteiger partial charge in [-0.3, -0.25) is 19.0 Å². The molecule has 6 rings (SSSR count). The Morgan fingerprint density at radius 1 is 0.780 bits per heavy atom. The van der Waals surface area contributed by atoms with E-state index in [0.29, 0.717) is 23.0 Å². The third-order valence-corrected chi connectivity index (χ3v) is 8.24. The van der Waals surface area contributed by atoms with Gasteiger partial charge in [-0.25, -0.2) is 9.36 Å². The predicted molar refractivity (Wildman–Crippen MR) is 160 cm³/mol. The number of hydrogen-bond donors (Lipinski definition) is 1. The molecule has 0 bridgehead atoms. The minimum atomic E-state index is -0.435. The number of nitrogens with one attached hydrogen (secondary N) is 1. The summed E-state index contributed by atoms with van der Waals surface area (Å²) in [4.78, 5) is 53.8. The second-order valence-corrected chi connectivity index (χ2v) is 11.1. The first kappa shape index (κ1) is 26.7. The predicted octanol–water partition coefficient (Wildman–Crippen LogP) is 4.32. The molecule has 41 heavy (non-hydrogen) atoms. The Morgan fingerprint density at radius 3 is 2.17 bits per heavy atom. The minimum Gasteiger partial charge on any atom is -0.353 e. The monoisotopic (exact) mass is 550 g/mol. The number of rotatable bonds is 7. The zero-order valence-electron chi connectivity index (χ0n) is 23.1. The molecule has 210 valence electrons. The van der Waals surface area contributed by atoms with Crippen molar-refractivity contribution in [1.29, 1.82) is 0 Å². The van der Waals surface area contributed by atoms with E-state index >= 15 is 0 Å². The maximum Gasteiger partial charge on any atom is 0.336 e. The first-order chi connectivity index (χ1) is 20.0. The fraction of sp³-hybridized carbons (Fsp3) is 0.333. The van der Waals surface area contributed by atoms with Crippen molar-refractivity contribution >= 4 is 28.4 Å². The molecule has 2 aliphatic rings. The van der Waals surface area contributed by atoms with E-state index in [9.17, 15) is 19.2 Å². The van der Waals surface area contributed by atoms with E-state index in [-0.39, 0.29) is 36.4 Å². The van der Waals surface area contributed by atoms with Crippen molar-refractivity contribution in [3.63, 3.8) is 0 Å². The highest BCUT2D eigenvalue weighted by Gasteiger charge is 2.22. The largest absolute Gasteiger partial charge is 0.353 e. The zero-order chi connectivity index (χ0) is 28.3. The number of amides is 2. The number of aromatic nitrogens is 2. The van der Waals surface area contributed by atoms with Gasteiger partial charge in [0.15, 0.2) is 0 Å². The molecule has 3 aromatic carbocycles. The third-order valence-electron chi connectivity index (χ3n) is 8.24. The van der Waals surface area contributed by atoms with Gasteiger partial charge in [-0.15, -0.1) is 0 Å². The summed E-state index contributed by atoms with van der Waals surface area (Å²) >= 11 is 0. The molecule has 1 N–H and O–H groups in total. The number of anilines is 1. The van der Waals surface area contributed by atoms with Crippen molar-refractivity contribution in [1.82, 2.24) is 14.5 Å². The van der Waals surface area contributed by atoms with E-state index in [1.54, 1.807) is 51.9 Å². The van der Waals surface area contributed by atoms with Crippen LogP contribution in [-0.2, 0) is 22.6 Å². The lowest BCUT2D eigenvalue weighted by molar-refractivity contribution is -0.121. The number of hydrogen-bond acceptors (Lipinski definition) is 4. The molecule has 0 radical (unpaired) electrons. The highest BCUT2D eigenvalue weighted by molar-refractivity contribution is 5.95. The topological polar surface area (TPSA) is 93.4 Å². The van der Waals surface area contributed by atoms with Gasteiger partial charge in [0.1, 0.15) is 0 Å². The van der Waals surface area contributed by atoms with Crippen molar-refractivity contribution < 1.29 is 9.59 Å². The second kappa shape index (κ2) is 11.6. The summed E-state index contributed by atoms with van der Waals surface area (Å²) in [7, 11) is 0. The summed E-state index contributed by atoms with van der Waals surface area (Å²) in [6.45, 7) is 0.991. The Hall–Kier alpha value is -4.46. The average Bonchev–Trinajstić information content (AvgIpc) is 3.42. The van der Waals surface area contributed by atoms with Gasteiger partial charge in [0.2, 0.25) is 11.8 Å². The molecule has 2 fully saturated rings. The summed E-state index contributed by atoms with van der Waals surface area (Å²) in [6, 6.07) is 22.1. The van der Waals surface area contributed by atoms with Gasteiger partial charge >= 0.3 is 5.69 Å². The smallest absolute Gasteiger partial charge is 0.336 e. The molecule has 1 aromatic heterocycles. The highest BCUT2D eigenvalue weighted by Crippen LogP contribution is 2.22. The lowest BCUT2D eigenvalue weighted by atomic mass is 9.95. The van der Waals surface area contributed by atoms with E-state index < -0.39 is 5.69 Å². The van der Waals surface area contributed by atoms with Crippen LogP contribution in [0.1, 0.15) is 56.1 Å². The van der Waals surface area contributed by atoms with Crippen LogP contribution in [-0.4, -0.2) is 33.5 Å². The van der Waals surface area contributed by atoms with Crippen molar-refractivity contribution in [2.24, 2.45) is 0 Å². The Morgan fingerprint density at radius 2 is 1.46 bits per heavy atom. The van der Waals surface area contributed by atoms with E-state index in [2.05, 4.69) is 5.32 Å². The summed E-state index contributed by atoms with van der Waals surface area (Å²) < 4.78 is 2.81. The van der Waals surface area contributed by atoms with Gasteiger partial charge in [0.05, 0.1) is 29.6 Å². The molecule has 0 spiro atoms. The normalized spacial score (nSPS) is 15.9. The summed E-state index contributed by atoms with van der Waals surface area (Å²) in [5.74, 6) is 0.123. The number of para-hydroxylation sites is 1. The fourth-order valence-corrected chi connectivity index (χ4v) is 6.06. The van der Waals surface area contributed by atoms with Gasteiger partial charge in [-0.2, -0.15) is 0 Å². The van der Waals surface area contributed by atoms with Crippen LogP contribution in [0.2, 0.25) is 0 Å². The van der Waals surface area contributed by atoms with E-state index in [1.165, 1.54) is 11.0 Å². The van der Waals surface area contributed by atoms with E-state index in [4.69, 9.17) is 0 Å². The van der Waals surface area contributed by atoms with E-state index in [0.717, 1.165) is 55.5 Å². The molecule has 8 nitrogen and oxygen atoms in total. The zero-order valence-corrected chi connectivity index (χ0v) is 23.1. The molecular weight excluding hydrogens is 516 g/mol. The Labute approximate surface area is 238 Å². The first-order valence-electron chi connectivity index (χ1n) is 14.5. The molecule has 0 atom stereocenters. The maximum absolute atomic E-state index is 13.8. The third kappa shape index (κ3) is 5.59. The molecule has 1 saturated heterocycles. The second-order valence-electron chi connectivity index (χ2n) is 11.1. The van der Waals surface area contributed by atoms with Gasteiger partial charge in [0.25, 0.3) is 5.56 Å². The highest BCUT2D eigenvalue weighted by atomic mass is 16.2. The van der Waals surface area contributed by atoms with Gasteiger partial charge in [-0.05, 0) is 66.8 Å². The number of carbonyl (C=O) groups excluding carboxylic acids is 2. The lowest BCUT2D eigenvalue weighted by Gasteiger charge is -2.22. The Balaban J connectivity index is 1.28. The van der Waals surface area contributed by atoms with Crippen LogP contribution < -0.4 is 21.5 Å². The van der Waals surface area contributed by atoms with Crippen molar-refractivity contribution in [3.8, 4) is 5.69 Å². The minimum absolute atomic E-state index is 0.00464. The number of carbonyl (C=O) groups is 2. The molecule has 1 aliphatic heterocycles. The first-order valence-corrected chi connectivity index (χ1v) is 14.5. The van der Waals surface area contributed by atoms with Crippen molar-refractivity contribution in [2.75, 3.05) is 11.4 Å². The number of benzene rings is 3. The molecule has 0 unspecified atom stereocenters. The van der Waals surface area contributed by atoms with Crippen LogP contribution in [0, 0.1) is 0 Å². The Bertz CT molecular complexity index is 1700.